The molecule has 0 saturated carbocycles. The monoisotopic (exact) mass is 274 g/mol. The largest absolute Gasteiger partial charge is 0.369 e. The van der Waals surface area contributed by atoms with Crippen molar-refractivity contribution in [1.82, 2.24) is 9.55 Å². The number of aromatic nitrogens is 2. The minimum absolute atomic E-state index is 0.422. The second-order valence-electron chi connectivity index (χ2n) is 5.40. The first-order chi connectivity index (χ1) is 10.3. The average Bonchev–Trinajstić information content (AvgIpc) is 3.08. The van der Waals surface area contributed by atoms with Gasteiger partial charge in [-0.1, -0.05) is 12.1 Å². The van der Waals surface area contributed by atoms with Gasteiger partial charge in [-0.05, 0) is 54.7 Å². The van der Waals surface area contributed by atoms with Gasteiger partial charge < -0.3 is 5.73 Å². The molecule has 0 fully saturated rings. The minimum Gasteiger partial charge on any atom is -0.369 e. The van der Waals surface area contributed by atoms with Gasteiger partial charge in [0.05, 0.1) is 11.1 Å². The lowest BCUT2D eigenvalue weighted by Crippen LogP contribution is -2.01. The Kier molecular flexibility index (Phi) is 2.48. The van der Waals surface area contributed by atoms with E-state index in [4.69, 9.17) is 5.73 Å². The van der Waals surface area contributed by atoms with Crippen molar-refractivity contribution in [2.24, 2.45) is 0 Å². The molecule has 0 unspecified atom stereocenters. The third-order valence-electron chi connectivity index (χ3n) is 4.17. The lowest BCUT2D eigenvalue weighted by molar-refractivity contribution is 0.911. The van der Waals surface area contributed by atoms with Crippen LogP contribution in [-0.4, -0.2) is 9.55 Å². The van der Waals surface area contributed by atoms with Crippen LogP contribution in [0.4, 0.5) is 5.95 Å². The Morgan fingerprint density at radius 3 is 2.86 bits per heavy atom. The van der Waals surface area contributed by atoms with Crippen molar-refractivity contribution in [3.63, 3.8) is 0 Å². The molecule has 0 aliphatic heterocycles. The molecule has 4 heteroatoms. The van der Waals surface area contributed by atoms with Crippen molar-refractivity contribution in [1.29, 1.82) is 5.26 Å². The second-order valence-corrected chi connectivity index (χ2v) is 5.40. The maximum absolute atomic E-state index is 9.19. The molecule has 0 spiro atoms. The van der Waals surface area contributed by atoms with E-state index in [2.05, 4.69) is 29.3 Å². The molecule has 3 aromatic rings. The molecule has 0 saturated heterocycles. The summed E-state index contributed by atoms with van der Waals surface area (Å²) in [5, 5.41) is 9.19. The summed E-state index contributed by atoms with van der Waals surface area (Å²) in [5.74, 6) is 0.422. The van der Waals surface area contributed by atoms with E-state index in [0.29, 0.717) is 17.0 Å². The van der Waals surface area contributed by atoms with Crippen LogP contribution in [0, 0.1) is 11.3 Å². The maximum Gasteiger partial charge on any atom is 0.205 e. The first-order valence-corrected chi connectivity index (χ1v) is 7.07. The predicted molar refractivity (Wildman–Crippen MR) is 82.2 cm³/mol. The molecule has 1 heterocycles. The molecule has 4 rings (SSSR count). The van der Waals surface area contributed by atoms with Crippen LogP contribution in [0.3, 0.4) is 0 Å². The fourth-order valence-corrected chi connectivity index (χ4v) is 3.18. The zero-order valence-corrected chi connectivity index (χ0v) is 11.5. The molecule has 21 heavy (non-hydrogen) atoms. The van der Waals surface area contributed by atoms with Gasteiger partial charge in [-0.25, -0.2) is 4.98 Å². The Morgan fingerprint density at radius 2 is 2.00 bits per heavy atom. The number of nitriles is 1. The van der Waals surface area contributed by atoms with Crippen molar-refractivity contribution in [2.45, 2.75) is 19.3 Å². The summed E-state index contributed by atoms with van der Waals surface area (Å²) in [6.45, 7) is 0. The van der Waals surface area contributed by atoms with Gasteiger partial charge >= 0.3 is 0 Å². The van der Waals surface area contributed by atoms with Gasteiger partial charge in [0.25, 0.3) is 0 Å². The zero-order valence-electron chi connectivity index (χ0n) is 11.5. The summed E-state index contributed by atoms with van der Waals surface area (Å²) in [4.78, 5) is 4.37. The lowest BCUT2D eigenvalue weighted by atomic mass is 10.1. The third-order valence-corrected chi connectivity index (χ3v) is 4.17. The molecular weight excluding hydrogens is 260 g/mol. The number of aryl methyl sites for hydroxylation is 2. The molecule has 1 aliphatic carbocycles. The Labute approximate surface area is 122 Å². The number of anilines is 1. The molecule has 1 aliphatic rings. The van der Waals surface area contributed by atoms with Crippen molar-refractivity contribution >= 4 is 17.0 Å². The molecule has 102 valence electrons. The number of para-hydroxylation sites is 1. The molecule has 0 bridgehead atoms. The normalized spacial score (nSPS) is 13.3. The zero-order chi connectivity index (χ0) is 14.4. The SMILES string of the molecule is N#Cc1cccc2c1nc(N)n2-c1ccc2c(c1)CCC2. The number of rotatable bonds is 1. The van der Waals surface area contributed by atoms with Gasteiger partial charge in [-0.15, -0.1) is 0 Å². The molecule has 0 amide bonds. The van der Waals surface area contributed by atoms with Crippen LogP contribution in [0.5, 0.6) is 0 Å². The summed E-state index contributed by atoms with van der Waals surface area (Å²) < 4.78 is 1.93. The number of nitrogens with zero attached hydrogens (tertiary/aromatic N) is 3. The molecule has 0 radical (unpaired) electrons. The van der Waals surface area contributed by atoms with E-state index in [0.717, 1.165) is 24.0 Å². The maximum atomic E-state index is 9.19. The van der Waals surface area contributed by atoms with Crippen molar-refractivity contribution in [2.75, 3.05) is 5.73 Å². The van der Waals surface area contributed by atoms with Gasteiger partial charge in [0, 0.05) is 5.69 Å². The van der Waals surface area contributed by atoms with Crippen molar-refractivity contribution < 1.29 is 0 Å². The number of fused-ring (bicyclic) bond motifs is 2. The molecule has 0 atom stereocenters. The molecular formula is C17H14N4. The summed E-state index contributed by atoms with van der Waals surface area (Å²) in [6, 6.07) is 14.2. The van der Waals surface area contributed by atoms with Crippen LogP contribution < -0.4 is 5.73 Å². The lowest BCUT2D eigenvalue weighted by Gasteiger charge is -2.09. The van der Waals surface area contributed by atoms with Gasteiger partial charge in [0.2, 0.25) is 5.95 Å². The Hall–Kier alpha value is -2.80. The van der Waals surface area contributed by atoms with E-state index < -0.39 is 0 Å². The molecule has 1 aromatic heterocycles. The van der Waals surface area contributed by atoms with Crippen LogP contribution in [0.25, 0.3) is 16.7 Å². The summed E-state index contributed by atoms with van der Waals surface area (Å²) >= 11 is 0. The van der Waals surface area contributed by atoms with Crippen LogP contribution >= 0.6 is 0 Å². The van der Waals surface area contributed by atoms with E-state index in [1.54, 1.807) is 6.07 Å². The van der Waals surface area contributed by atoms with Gasteiger partial charge in [0.15, 0.2) is 0 Å². The topological polar surface area (TPSA) is 67.6 Å². The fourth-order valence-electron chi connectivity index (χ4n) is 3.18. The van der Waals surface area contributed by atoms with E-state index in [1.807, 2.05) is 16.7 Å². The fraction of sp³-hybridized carbons (Fsp3) is 0.176. The number of benzene rings is 2. The Morgan fingerprint density at radius 1 is 1.14 bits per heavy atom. The highest BCUT2D eigenvalue weighted by atomic mass is 15.2. The van der Waals surface area contributed by atoms with Gasteiger partial charge in [-0.3, -0.25) is 4.57 Å². The van der Waals surface area contributed by atoms with Crippen LogP contribution in [-0.2, 0) is 12.8 Å². The first-order valence-electron chi connectivity index (χ1n) is 7.07. The van der Waals surface area contributed by atoms with E-state index in [9.17, 15) is 5.26 Å². The van der Waals surface area contributed by atoms with Crippen molar-refractivity contribution in [3.8, 4) is 11.8 Å². The van der Waals surface area contributed by atoms with E-state index in [1.165, 1.54) is 17.5 Å². The Bertz CT molecular complexity index is 899. The predicted octanol–water partition coefficient (Wildman–Crippen LogP) is 2.97. The third kappa shape index (κ3) is 1.71. The first kappa shape index (κ1) is 12.0. The van der Waals surface area contributed by atoms with Crippen LogP contribution in [0.2, 0.25) is 0 Å². The number of nitrogen functional groups attached to an aromatic ring is 1. The van der Waals surface area contributed by atoms with Crippen LogP contribution in [0.15, 0.2) is 36.4 Å². The highest BCUT2D eigenvalue weighted by molar-refractivity contribution is 5.85. The number of hydrogen-bond acceptors (Lipinski definition) is 3. The molecule has 4 nitrogen and oxygen atoms in total. The summed E-state index contributed by atoms with van der Waals surface area (Å²) in [5.41, 5.74) is 12.0. The van der Waals surface area contributed by atoms with E-state index >= 15 is 0 Å². The standard InChI is InChI=1S/C17H14N4/c18-10-13-5-2-6-15-16(13)20-17(19)21(15)14-8-7-11-3-1-4-12(11)9-14/h2,5-9H,1,3-4H2,(H2,19,20). The summed E-state index contributed by atoms with van der Waals surface area (Å²) in [7, 11) is 0. The summed E-state index contributed by atoms with van der Waals surface area (Å²) in [6.07, 6.45) is 3.50. The highest BCUT2D eigenvalue weighted by Crippen LogP contribution is 2.29. The Balaban J connectivity index is 1.99. The quantitative estimate of drug-likeness (QED) is 0.741. The smallest absolute Gasteiger partial charge is 0.205 e. The number of nitrogens with two attached hydrogens (primary N) is 1. The van der Waals surface area contributed by atoms with Gasteiger partial charge in [-0.2, -0.15) is 5.26 Å². The highest BCUT2D eigenvalue weighted by Gasteiger charge is 2.16. The average molecular weight is 274 g/mol. The van der Waals surface area contributed by atoms with Gasteiger partial charge in [0.1, 0.15) is 11.6 Å². The van der Waals surface area contributed by atoms with E-state index in [-0.39, 0.29) is 0 Å². The number of imidazole rings is 1. The minimum atomic E-state index is 0.422. The molecule has 2 aromatic carbocycles. The molecule has 2 N–H and O–H groups in total. The van der Waals surface area contributed by atoms with Crippen molar-refractivity contribution in [3.05, 3.63) is 53.1 Å². The van der Waals surface area contributed by atoms with Crippen LogP contribution in [0.1, 0.15) is 23.1 Å². The second kappa shape index (κ2) is 4.35. The number of hydrogen-bond donors (Lipinski definition) is 1.